The molecule has 1 heterocycles. The Hall–Kier alpha value is -0.280. The van der Waals surface area contributed by atoms with Gasteiger partial charge in [0.25, 0.3) is 0 Å². The maximum atomic E-state index is 6.04. The van der Waals surface area contributed by atoms with Gasteiger partial charge in [-0.2, -0.15) is 0 Å². The molecular weight excluding hydrogens is 245 g/mol. The zero-order valence-electron chi connectivity index (χ0n) is 9.01. The molecule has 1 N–H and O–H groups in total. The highest BCUT2D eigenvalue weighted by molar-refractivity contribution is 6.35. The van der Waals surface area contributed by atoms with Gasteiger partial charge >= 0.3 is 0 Å². The fourth-order valence-corrected chi connectivity index (χ4v) is 2.38. The van der Waals surface area contributed by atoms with Gasteiger partial charge in [-0.15, -0.1) is 0 Å². The van der Waals surface area contributed by atoms with Gasteiger partial charge in [0, 0.05) is 21.7 Å². The van der Waals surface area contributed by atoms with Crippen molar-refractivity contribution in [2.24, 2.45) is 0 Å². The first kappa shape index (κ1) is 12.2. The van der Waals surface area contributed by atoms with Crippen molar-refractivity contribution in [3.05, 3.63) is 33.8 Å². The molecule has 2 rings (SSSR count). The van der Waals surface area contributed by atoms with Gasteiger partial charge in [-0.25, -0.2) is 0 Å². The topological polar surface area (TPSA) is 21.3 Å². The lowest BCUT2D eigenvalue weighted by Crippen LogP contribution is -2.26. The maximum absolute atomic E-state index is 6.04. The van der Waals surface area contributed by atoms with Gasteiger partial charge in [0.1, 0.15) is 0 Å². The van der Waals surface area contributed by atoms with E-state index in [9.17, 15) is 0 Å². The van der Waals surface area contributed by atoms with E-state index < -0.39 is 0 Å². The Morgan fingerprint density at radius 1 is 1.31 bits per heavy atom. The van der Waals surface area contributed by atoms with E-state index in [0.29, 0.717) is 22.7 Å². The molecule has 1 fully saturated rings. The zero-order valence-corrected chi connectivity index (χ0v) is 10.5. The second-order valence-electron chi connectivity index (χ2n) is 4.01. The molecule has 1 atom stereocenters. The van der Waals surface area contributed by atoms with E-state index >= 15 is 0 Å². The van der Waals surface area contributed by atoms with Crippen LogP contribution in [0.4, 0.5) is 0 Å². The summed E-state index contributed by atoms with van der Waals surface area (Å²) in [5.41, 5.74) is 0.879. The normalized spacial score (nSPS) is 20.2. The molecule has 16 heavy (non-hydrogen) atoms. The highest BCUT2D eigenvalue weighted by Gasteiger charge is 2.14. The number of nitrogens with one attached hydrogen (secondary N) is 1. The minimum absolute atomic E-state index is 0.483. The molecule has 0 amide bonds. The summed E-state index contributed by atoms with van der Waals surface area (Å²) in [6.07, 6.45) is 2.43. The summed E-state index contributed by atoms with van der Waals surface area (Å²) >= 11 is 12.1. The highest BCUT2D eigenvalue weighted by atomic mass is 35.5. The maximum Gasteiger partial charge on any atom is 0.0746 e. The number of hydrogen-bond donors (Lipinski definition) is 1. The molecule has 4 heteroatoms. The van der Waals surface area contributed by atoms with Crippen LogP contribution in [0.2, 0.25) is 10.0 Å². The zero-order chi connectivity index (χ0) is 11.4. The second-order valence-corrected chi connectivity index (χ2v) is 4.82. The van der Waals surface area contributed by atoms with Gasteiger partial charge in [-0.05, 0) is 31.5 Å². The fraction of sp³-hybridized carbons (Fsp3) is 0.500. The molecule has 0 spiro atoms. The predicted molar refractivity (Wildman–Crippen MR) is 67.1 cm³/mol. The smallest absolute Gasteiger partial charge is 0.0746 e. The van der Waals surface area contributed by atoms with Crippen LogP contribution in [-0.4, -0.2) is 19.2 Å². The third kappa shape index (κ3) is 3.11. The summed E-state index contributed by atoms with van der Waals surface area (Å²) in [5, 5.41) is 4.73. The van der Waals surface area contributed by atoms with Crippen molar-refractivity contribution in [1.82, 2.24) is 5.32 Å². The number of ether oxygens (including phenoxy) is 1. The lowest BCUT2D eigenvalue weighted by molar-refractivity contribution is 0.103. The van der Waals surface area contributed by atoms with E-state index in [2.05, 4.69) is 5.32 Å². The number of halogens is 2. The molecule has 1 aliphatic rings. The monoisotopic (exact) mass is 259 g/mol. The molecule has 1 saturated heterocycles. The van der Waals surface area contributed by atoms with Crippen LogP contribution < -0.4 is 5.32 Å². The fourth-order valence-electron chi connectivity index (χ4n) is 1.87. The molecular formula is C12H15Cl2NO. The molecule has 1 aromatic rings. The molecule has 1 aromatic carbocycles. The first-order chi connectivity index (χ1) is 7.77. The van der Waals surface area contributed by atoms with E-state index in [4.69, 9.17) is 27.9 Å². The Morgan fingerprint density at radius 3 is 2.69 bits per heavy atom. The van der Waals surface area contributed by atoms with E-state index in [0.717, 1.165) is 18.7 Å². The summed E-state index contributed by atoms with van der Waals surface area (Å²) in [6, 6.07) is 5.99. The average Bonchev–Trinajstić information content (AvgIpc) is 2.75. The van der Waals surface area contributed by atoms with Crippen LogP contribution in [0.5, 0.6) is 0 Å². The van der Waals surface area contributed by atoms with Gasteiger partial charge in [0.15, 0.2) is 0 Å². The van der Waals surface area contributed by atoms with Crippen LogP contribution >= 0.6 is 23.2 Å². The Balaban J connectivity index is 1.84. The Bertz CT molecular complexity index is 331. The molecule has 2 nitrogen and oxygen atoms in total. The van der Waals surface area contributed by atoms with E-state index in [1.165, 1.54) is 12.8 Å². The van der Waals surface area contributed by atoms with Crippen molar-refractivity contribution in [2.75, 3.05) is 13.2 Å². The van der Waals surface area contributed by atoms with Crippen LogP contribution in [0, 0.1) is 0 Å². The summed E-state index contributed by atoms with van der Waals surface area (Å²) in [6.45, 7) is 2.30. The van der Waals surface area contributed by atoms with Crippen molar-refractivity contribution in [1.29, 1.82) is 0 Å². The predicted octanol–water partition coefficient (Wildman–Crippen LogP) is 3.26. The standard InChI is InChI=1S/C12H15Cl2NO/c13-11-4-1-5-12(14)10(11)8-16-7-9-3-2-6-15-9/h1,4-5,9,15H,2-3,6-8H2/t9-/m1/s1. The van der Waals surface area contributed by atoms with Crippen molar-refractivity contribution in [3.8, 4) is 0 Å². The van der Waals surface area contributed by atoms with Gasteiger partial charge < -0.3 is 10.1 Å². The van der Waals surface area contributed by atoms with Gasteiger partial charge in [-0.1, -0.05) is 29.3 Å². The molecule has 0 radical (unpaired) electrons. The number of rotatable bonds is 4. The van der Waals surface area contributed by atoms with Crippen LogP contribution in [-0.2, 0) is 11.3 Å². The summed E-state index contributed by atoms with van der Waals surface area (Å²) < 4.78 is 5.63. The molecule has 1 aliphatic heterocycles. The van der Waals surface area contributed by atoms with Crippen LogP contribution in [0.1, 0.15) is 18.4 Å². The van der Waals surface area contributed by atoms with Crippen molar-refractivity contribution in [2.45, 2.75) is 25.5 Å². The molecule has 0 unspecified atom stereocenters. The quantitative estimate of drug-likeness (QED) is 0.897. The molecule has 0 saturated carbocycles. The van der Waals surface area contributed by atoms with Gasteiger partial charge in [-0.3, -0.25) is 0 Å². The third-order valence-corrected chi connectivity index (χ3v) is 3.50. The first-order valence-electron chi connectivity index (χ1n) is 5.51. The van der Waals surface area contributed by atoms with Crippen LogP contribution in [0.3, 0.4) is 0 Å². The molecule has 0 aliphatic carbocycles. The Kier molecular flexibility index (Phi) is 4.47. The van der Waals surface area contributed by atoms with E-state index in [1.807, 2.05) is 18.2 Å². The minimum Gasteiger partial charge on any atom is -0.375 e. The van der Waals surface area contributed by atoms with Gasteiger partial charge in [0.05, 0.1) is 13.2 Å². The lowest BCUT2D eigenvalue weighted by atomic mass is 10.2. The van der Waals surface area contributed by atoms with Crippen molar-refractivity contribution < 1.29 is 4.74 Å². The average molecular weight is 260 g/mol. The molecule has 0 aromatic heterocycles. The molecule has 88 valence electrons. The second kappa shape index (κ2) is 5.87. The molecule has 0 bridgehead atoms. The SMILES string of the molecule is Clc1cccc(Cl)c1COC[C@H]1CCCN1. The number of benzene rings is 1. The summed E-state index contributed by atoms with van der Waals surface area (Å²) in [4.78, 5) is 0. The summed E-state index contributed by atoms with van der Waals surface area (Å²) in [5.74, 6) is 0. The largest absolute Gasteiger partial charge is 0.375 e. The van der Waals surface area contributed by atoms with Crippen LogP contribution in [0.15, 0.2) is 18.2 Å². The van der Waals surface area contributed by atoms with Crippen molar-refractivity contribution in [3.63, 3.8) is 0 Å². The van der Waals surface area contributed by atoms with E-state index in [-0.39, 0.29) is 0 Å². The van der Waals surface area contributed by atoms with Gasteiger partial charge in [0.2, 0.25) is 0 Å². The van der Waals surface area contributed by atoms with Crippen LogP contribution in [0.25, 0.3) is 0 Å². The minimum atomic E-state index is 0.483. The number of hydrogen-bond acceptors (Lipinski definition) is 2. The Labute approximate surface area is 106 Å². The highest BCUT2D eigenvalue weighted by Crippen LogP contribution is 2.25. The van der Waals surface area contributed by atoms with E-state index in [1.54, 1.807) is 0 Å². The Morgan fingerprint density at radius 2 is 2.06 bits per heavy atom. The van der Waals surface area contributed by atoms with Crippen molar-refractivity contribution >= 4 is 23.2 Å². The third-order valence-electron chi connectivity index (χ3n) is 2.79. The summed E-state index contributed by atoms with van der Waals surface area (Å²) in [7, 11) is 0. The lowest BCUT2D eigenvalue weighted by Gasteiger charge is -2.12. The first-order valence-corrected chi connectivity index (χ1v) is 6.27.